The Bertz CT molecular complexity index is 194. The first kappa shape index (κ1) is 12.9. The van der Waals surface area contributed by atoms with Gasteiger partial charge in [-0.05, 0) is 30.6 Å². The van der Waals surface area contributed by atoms with Crippen LogP contribution in [0, 0.1) is 11.3 Å². The zero-order chi connectivity index (χ0) is 11.5. The molecule has 0 aromatic carbocycles. The maximum absolute atomic E-state index is 9.33. The van der Waals surface area contributed by atoms with Crippen LogP contribution in [-0.2, 0) is 4.74 Å². The minimum Gasteiger partial charge on any atom is -0.389 e. The Kier molecular flexibility index (Phi) is 4.56. The molecule has 3 nitrogen and oxygen atoms in total. The van der Waals surface area contributed by atoms with E-state index in [0.717, 1.165) is 12.8 Å². The molecule has 0 amide bonds. The fourth-order valence-electron chi connectivity index (χ4n) is 2.70. The lowest BCUT2D eigenvalue weighted by Gasteiger charge is -2.39. The maximum atomic E-state index is 9.33. The van der Waals surface area contributed by atoms with E-state index >= 15 is 0 Å². The zero-order valence-electron chi connectivity index (χ0n) is 10.2. The van der Waals surface area contributed by atoms with Crippen molar-refractivity contribution in [1.29, 1.82) is 0 Å². The van der Waals surface area contributed by atoms with Crippen LogP contribution in [0.2, 0.25) is 0 Å². The zero-order valence-corrected chi connectivity index (χ0v) is 10.2. The molecule has 1 aliphatic rings. The molecule has 90 valence electrons. The summed E-state index contributed by atoms with van der Waals surface area (Å²) in [5, 5.41) is 9.33. The van der Waals surface area contributed by atoms with Crippen LogP contribution in [0.15, 0.2) is 0 Å². The summed E-state index contributed by atoms with van der Waals surface area (Å²) in [5.74, 6) is 0.716. The maximum Gasteiger partial charge on any atom is 0.0895 e. The number of rotatable bonds is 4. The summed E-state index contributed by atoms with van der Waals surface area (Å²) in [6.07, 6.45) is 3.26. The summed E-state index contributed by atoms with van der Waals surface area (Å²) >= 11 is 0. The van der Waals surface area contributed by atoms with E-state index in [-0.39, 0.29) is 6.54 Å². The molecule has 0 aromatic heterocycles. The number of aliphatic hydroxyl groups is 1. The molecule has 0 saturated heterocycles. The van der Waals surface area contributed by atoms with Crippen molar-refractivity contribution in [2.45, 2.75) is 52.2 Å². The predicted octanol–water partition coefficient (Wildman–Crippen LogP) is 1.54. The first-order valence-corrected chi connectivity index (χ1v) is 5.92. The van der Waals surface area contributed by atoms with E-state index in [9.17, 15) is 5.11 Å². The first-order chi connectivity index (χ1) is 6.93. The number of hydrogen-bond acceptors (Lipinski definition) is 3. The summed E-state index contributed by atoms with van der Waals surface area (Å²) in [5.41, 5.74) is 5.71. The van der Waals surface area contributed by atoms with E-state index in [4.69, 9.17) is 10.5 Å². The van der Waals surface area contributed by atoms with Gasteiger partial charge in [-0.2, -0.15) is 0 Å². The number of aliphatic hydroxyl groups excluding tert-OH is 1. The number of ether oxygens (including phenoxy) is 1. The molecular formula is C12H25NO2. The molecule has 1 aliphatic carbocycles. The fraction of sp³-hybridized carbons (Fsp3) is 1.00. The molecule has 3 N–H and O–H groups in total. The third-order valence-corrected chi connectivity index (χ3v) is 3.14. The molecule has 0 heterocycles. The average molecular weight is 215 g/mol. The van der Waals surface area contributed by atoms with Gasteiger partial charge < -0.3 is 15.6 Å². The Balaban J connectivity index is 2.35. The van der Waals surface area contributed by atoms with Gasteiger partial charge in [-0.15, -0.1) is 0 Å². The third-order valence-electron chi connectivity index (χ3n) is 3.14. The predicted molar refractivity (Wildman–Crippen MR) is 61.6 cm³/mol. The van der Waals surface area contributed by atoms with Crippen LogP contribution in [0.4, 0.5) is 0 Å². The molecule has 1 rings (SSSR count). The van der Waals surface area contributed by atoms with Crippen LogP contribution in [0.3, 0.4) is 0 Å². The Morgan fingerprint density at radius 2 is 2.13 bits per heavy atom. The first-order valence-electron chi connectivity index (χ1n) is 5.92. The molecule has 0 aromatic rings. The highest BCUT2D eigenvalue weighted by molar-refractivity contribution is 4.83. The van der Waals surface area contributed by atoms with Crippen molar-refractivity contribution >= 4 is 0 Å². The summed E-state index contributed by atoms with van der Waals surface area (Å²) in [7, 11) is 0. The fourth-order valence-corrected chi connectivity index (χ4v) is 2.70. The summed E-state index contributed by atoms with van der Waals surface area (Å²) in [6, 6.07) is 0. The van der Waals surface area contributed by atoms with Crippen LogP contribution in [0.25, 0.3) is 0 Å². The second-order valence-electron chi connectivity index (χ2n) is 5.76. The van der Waals surface area contributed by atoms with Crippen molar-refractivity contribution in [2.24, 2.45) is 17.1 Å². The molecule has 1 fully saturated rings. The minimum absolute atomic E-state index is 0.283. The summed E-state index contributed by atoms with van der Waals surface area (Å²) in [6.45, 7) is 7.52. The van der Waals surface area contributed by atoms with Crippen molar-refractivity contribution in [3.63, 3.8) is 0 Å². The molecule has 3 heteroatoms. The van der Waals surface area contributed by atoms with Gasteiger partial charge in [-0.25, -0.2) is 0 Å². The Labute approximate surface area is 93.0 Å². The van der Waals surface area contributed by atoms with Crippen LogP contribution in [0.5, 0.6) is 0 Å². The molecule has 3 atom stereocenters. The van der Waals surface area contributed by atoms with E-state index in [1.54, 1.807) is 0 Å². The minimum atomic E-state index is -0.509. The molecular weight excluding hydrogens is 190 g/mol. The Hall–Kier alpha value is -0.120. The highest BCUT2D eigenvalue weighted by Gasteiger charge is 2.32. The van der Waals surface area contributed by atoms with Gasteiger partial charge in [0.15, 0.2) is 0 Å². The molecule has 15 heavy (non-hydrogen) atoms. The van der Waals surface area contributed by atoms with Gasteiger partial charge in [-0.3, -0.25) is 0 Å². The van der Waals surface area contributed by atoms with E-state index in [1.807, 2.05) is 0 Å². The molecule has 0 spiro atoms. The summed E-state index contributed by atoms with van der Waals surface area (Å²) < 4.78 is 5.71. The van der Waals surface area contributed by atoms with Crippen LogP contribution >= 0.6 is 0 Å². The van der Waals surface area contributed by atoms with Crippen LogP contribution in [0.1, 0.15) is 40.0 Å². The normalized spacial score (nSPS) is 32.6. The third kappa shape index (κ3) is 4.49. The highest BCUT2D eigenvalue weighted by Crippen LogP contribution is 2.39. The molecule has 0 aliphatic heterocycles. The van der Waals surface area contributed by atoms with Crippen molar-refractivity contribution in [3.05, 3.63) is 0 Å². The van der Waals surface area contributed by atoms with E-state index in [1.165, 1.54) is 6.42 Å². The van der Waals surface area contributed by atoms with Crippen LogP contribution < -0.4 is 5.73 Å². The quantitative estimate of drug-likeness (QED) is 0.748. The molecule has 0 radical (unpaired) electrons. The van der Waals surface area contributed by atoms with Crippen molar-refractivity contribution in [3.8, 4) is 0 Å². The van der Waals surface area contributed by atoms with Crippen molar-refractivity contribution in [2.75, 3.05) is 13.2 Å². The van der Waals surface area contributed by atoms with Gasteiger partial charge in [0, 0.05) is 6.54 Å². The second-order valence-corrected chi connectivity index (χ2v) is 5.76. The summed E-state index contributed by atoms with van der Waals surface area (Å²) in [4.78, 5) is 0. The van der Waals surface area contributed by atoms with E-state index in [0.29, 0.717) is 24.0 Å². The smallest absolute Gasteiger partial charge is 0.0895 e. The number of hydrogen-bond donors (Lipinski definition) is 2. The average Bonchev–Trinajstić information content (AvgIpc) is 2.11. The Morgan fingerprint density at radius 3 is 2.67 bits per heavy atom. The molecule has 3 unspecified atom stereocenters. The van der Waals surface area contributed by atoms with Crippen molar-refractivity contribution < 1.29 is 9.84 Å². The van der Waals surface area contributed by atoms with Gasteiger partial charge >= 0.3 is 0 Å². The van der Waals surface area contributed by atoms with Gasteiger partial charge in [0.2, 0.25) is 0 Å². The lowest BCUT2D eigenvalue weighted by molar-refractivity contribution is -0.0535. The highest BCUT2D eigenvalue weighted by atomic mass is 16.5. The molecule has 1 saturated carbocycles. The van der Waals surface area contributed by atoms with Gasteiger partial charge in [0.25, 0.3) is 0 Å². The monoisotopic (exact) mass is 215 g/mol. The lowest BCUT2D eigenvalue weighted by Crippen LogP contribution is -2.35. The number of nitrogens with two attached hydrogens (primary N) is 1. The second kappa shape index (κ2) is 5.28. The standard InChI is InChI=1S/C12H25NO2/c1-9-4-11(6-12(2,3)5-9)15-8-10(14)7-13/h9-11,14H,4-8,13H2,1-3H3. The SMILES string of the molecule is CC1CC(OCC(O)CN)CC(C)(C)C1. The van der Waals surface area contributed by atoms with Gasteiger partial charge in [0.1, 0.15) is 0 Å². The largest absolute Gasteiger partial charge is 0.389 e. The topological polar surface area (TPSA) is 55.5 Å². The lowest BCUT2D eigenvalue weighted by atomic mass is 9.71. The van der Waals surface area contributed by atoms with Crippen molar-refractivity contribution in [1.82, 2.24) is 0 Å². The molecule has 0 bridgehead atoms. The van der Waals surface area contributed by atoms with E-state index < -0.39 is 6.10 Å². The van der Waals surface area contributed by atoms with Gasteiger partial charge in [0.05, 0.1) is 18.8 Å². The Morgan fingerprint density at radius 1 is 1.47 bits per heavy atom. The van der Waals surface area contributed by atoms with E-state index in [2.05, 4.69) is 20.8 Å². The van der Waals surface area contributed by atoms with Gasteiger partial charge in [-0.1, -0.05) is 20.8 Å². The van der Waals surface area contributed by atoms with Crippen LogP contribution in [-0.4, -0.2) is 30.5 Å².